The number of amides is 1. The fourth-order valence-electron chi connectivity index (χ4n) is 6.08. The zero-order valence-electron chi connectivity index (χ0n) is 17.2. The number of carbonyl (C=O) groups is 1. The molecule has 1 N–H and O–H groups in total. The summed E-state index contributed by atoms with van der Waals surface area (Å²) in [5.74, 6) is 3.65. The summed E-state index contributed by atoms with van der Waals surface area (Å²) in [5, 5.41) is 4.55. The molecule has 4 aliphatic rings. The zero-order valence-corrected chi connectivity index (χ0v) is 17.2. The Balaban J connectivity index is 1.52. The molecule has 5 rings (SSSR count). The van der Waals surface area contributed by atoms with Gasteiger partial charge >= 0.3 is 0 Å². The molecule has 152 valence electrons. The Kier molecular flexibility index (Phi) is 4.98. The second kappa shape index (κ2) is 7.30. The van der Waals surface area contributed by atoms with Crippen LogP contribution in [0.4, 0.5) is 0 Å². The molecule has 4 fully saturated rings. The van der Waals surface area contributed by atoms with E-state index < -0.39 is 0 Å². The lowest BCUT2D eigenvalue weighted by molar-refractivity contribution is -0.0128. The number of ether oxygens (including phenoxy) is 3. The van der Waals surface area contributed by atoms with Gasteiger partial charge in [0.2, 0.25) is 5.75 Å². The predicted molar refractivity (Wildman–Crippen MR) is 107 cm³/mol. The molecule has 0 radical (unpaired) electrons. The van der Waals surface area contributed by atoms with Crippen LogP contribution in [0.5, 0.6) is 17.2 Å². The normalized spacial score (nSPS) is 30.9. The number of methoxy groups -OCH3 is 3. The summed E-state index contributed by atoms with van der Waals surface area (Å²) < 4.78 is 16.0. The largest absolute Gasteiger partial charge is 0.493 e. The first-order chi connectivity index (χ1) is 13.5. The molecule has 0 aliphatic heterocycles. The van der Waals surface area contributed by atoms with Gasteiger partial charge in [0.1, 0.15) is 0 Å². The molecule has 1 amide bonds. The van der Waals surface area contributed by atoms with Crippen LogP contribution in [0.1, 0.15) is 55.8 Å². The van der Waals surface area contributed by atoms with Crippen LogP contribution < -0.4 is 19.6 Å². The molecule has 4 aliphatic carbocycles. The van der Waals surface area contributed by atoms with Crippen molar-refractivity contribution < 1.29 is 19.0 Å². The van der Waals surface area contributed by atoms with Crippen LogP contribution in [0.2, 0.25) is 0 Å². The Hall–Kier alpha value is -2.24. The van der Waals surface area contributed by atoms with Crippen LogP contribution in [0.15, 0.2) is 17.2 Å². The molecule has 1 aromatic rings. The Morgan fingerprint density at radius 3 is 1.89 bits per heavy atom. The van der Waals surface area contributed by atoms with Gasteiger partial charge < -0.3 is 14.2 Å². The number of nitrogens with one attached hydrogen (secondary N) is 1. The van der Waals surface area contributed by atoms with Gasteiger partial charge in [-0.1, -0.05) is 0 Å². The lowest BCUT2D eigenvalue weighted by atomic mass is 9.48. The summed E-state index contributed by atoms with van der Waals surface area (Å²) >= 11 is 0. The maximum Gasteiger partial charge on any atom is 0.271 e. The van der Waals surface area contributed by atoms with Gasteiger partial charge in [-0.05, 0) is 75.3 Å². The molecule has 0 heterocycles. The van der Waals surface area contributed by atoms with Crippen molar-refractivity contribution in [1.82, 2.24) is 5.43 Å². The second-order valence-corrected chi connectivity index (χ2v) is 8.75. The van der Waals surface area contributed by atoms with Crippen LogP contribution in [-0.4, -0.2) is 32.9 Å². The third kappa shape index (κ3) is 3.23. The van der Waals surface area contributed by atoms with Gasteiger partial charge in [-0.25, -0.2) is 5.43 Å². The number of hydrazone groups is 1. The molecular formula is C22H30N2O4. The molecule has 0 atom stereocenters. The fourth-order valence-corrected chi connectivity index (χ4v) is 6.08. The quantitative estimate of drug-likeness (QED) is 0.592. The molecule has 28 heavy (non-hydrogen) atoms. The molecule has 0 spiro atoms. The van der Waals surface area contributed by atoms with E-state index in [1.54, 1.807) is 19.2 Å². The number of nitrogens with zero attached hydrogens (tertiary/aromatic N) is 1. The highest BCUT2D eigenvalue weighted by Crippen LogP contribution is 2.60. The SMILES string of the molecule is COc1cc(C(=O)N/N=C(/C)C23CC4CC(CC(C4)C2)C3)cc(OC)c1OC. The van der Waals surface area contributed by atoms with E-state index in [1.807, 2.05) is 0 Å². The van der Waals surface area contributed by atoms with E-state index >= 15 is 0 Å². The first-order valence-corrected chi connectivity index (χ1v) is 10.1. The van der Waals surface area contributed by atoms with E-state index in [4.69, 9.17) is 14.2 Å². The summed E-state index contributed by atoms with van der Waals surface area (Å²) in [4.78, 5) is 12.7. The lowest BCUT2D eigenvalue weighted by Crippen LogP contribution is -2.49. The highest BCUT2D eigenvalue weighted by atomic mass is 16.5. The third-order valence-electron chi connectivity index (χ3n) is 7.06. The van der Waals surface area contributed by atoms with Crippen LogP contribution in [0.3, 0.4) is 0 Å². The molecule has 0 aromatic heterocycles. The highest BCUT2D eigenvalue weighted by molar-refractivity contribution is 5.97. The zero-order chi connectivity index (χ0) is 19.9. The van der Waals surface area contributed by atoms with E-state index in [1.165, 1.54) is 52.7 Å². The standard InChI is InChI=1S/C22H30N2O4/c1-13(22-10-14-5-15(11-22)7-16(6-14)12-22)23-24-21(25)17-8-18(26-2)20(28-4)19(9-17)27-3/h8-9,14-16H,5-7,10-12H2,1-4H3,(H,24,25)/b23-13-. The molecule has 6 nitrogen and oxygen atoms in total. The molecule has 4 saturated carbocycles. The molecular weight excluding hydrogens is 356 g/mol. The van der Waals surface area contributed by atoms with Crippen molar-refractivity contribution in [3.8, 4) is 17.2 Å². The first-order valence-electron chi connectivity index (χ1n) is 10.1. The fraction of sp³-hybridized carbons (Fsp3) is 0.636. The summed E-state index contributed by atoms with van der Waals surface area (Å²) in [5.41, 5.74) is 4.46. The maximum atomic E-state index is 12.7. The van der Waals surface area contributed by atoms with Gasteiger partial charge in [0.05, 0.1) is 21.3 Å². The van der Waals surface area contributed by atoms with Crippen LogP contribution in [0, 0.1) is 23.2 Å². The Labute approximate surface area is 166 Å². The van der Waals surface area contributed by atoms with Crippen molar-refractivity contribution in [2.45, 2.75) is 45.4 Å². The predicted octanol–water partition coefficient (Wildman–Crippen LogP) is 4.03. The minimum absolute atomic E-state index is 0.192. The van der Waals surface area contributed by atoms with Crippen molar-refractivity contribution in [2.75, 3.05) is 21.3 Å². The topological polar surface area (TPSA) is 69.2 Å². The van der Waals surface area contributed by atoms with Crippen LogP contribution in [-0.2, 0) is 0 Å². The highest BCUT2D eigenvalue weighted by Gasteiger charge is 2.52. The van der Waals surface area contributed by atoms with Crippen molar-refractivity contribution in [3.05, 3.63) is 17.7 Å². The number of benzene rings is 1. The van der Waals surface area contributed by atoms with Gasteiger partial charge in [-0.3, -0.25) is 4.79 Å². The molecule has 0 saturated heterocycles. The average molecular weight is 386 g/mol. The number of hydrogen-bond acceptors (Lipinski definition) is 5. The number of hydrogen-bond donors (Lipinski definition) is 1. The van der Waals surface area contributed by atoms with E-state index in [0.29, 0.717) is 22.8 Å². The third-order valence-corrected chi connectivity index (χ3v) is 7.06. The summed E-state index contributed by atoms with van der Waals surface area (Å²) in [6.45, 7) is 2.09. The average Bonchev–Trinajstić information content (AvgIpc) is 2.69. The van der Waals surface area contributed by atoms with E-state index in [0.717, 1.165) is 23.5 Å². The van der Waals surface area contributed by atoms with Crippen molar-refractivity contribution >= 4 is 11.6 Å². The molecule has 0 unspecified atom stereocenters. The summed E-state index contributed by atoms with van der Waals surface area (Å²) in [6.07, 6.45) is 7.87. The molecule has 4 bridgehead atoms. The Bertz CT molecular complexity index is 741. The van der Waals surface area contributed by atoms with Crippen molar-refractivity contribution in [3.63, 3.8) is 0 Å². The van der Waals surface area contributed by atoms with Gasteiger partial charge in [0.15, 0.2) is 11.5 Å². The molecule has 1 aromatic carbocycles. The lowest BCUT2D eigenvalue weighted by Gasteiger charge is -2.56. The van der Waals surface area contributed by atoms with Gasteiger partial charge in [-0.2, -0.15) is 5.10 Å². The smallest absolute Gasteiger partial charge is 0.271 e. The monoisotopic (exact) mass is 386 g/mol. The molecule has 6 heteroatoms. The first kappa shape index (κ1) is 19.1. The minimum atomic E-state index is -0.275. The van der Waals surface area contributed by atoms with E-state index in [9.17, 15) is 4.79 Å². The van der Waals surface area contributed by atoms with Crippen LogP contribution >= 0.6 is 0 Å². The Morgan fingerprint density at radius 2 is 1.46 bits per heavy atom. The second-order valence-electron chi connectivity index (χ2n) is 8.75. The number of rotatable bonds is 6. The summed E-state index contributed by atoms with van der Waals surface area (Å²) in [7, 11) is 4.61. The number of carbonyl (C=O) groups excluding carboxylic acids is 1. The van der Waals surface area contributed by atoms with Crippen LogP contribution in [0.25, 0.3) is 0 Å². The minimum Gasteiger partial charge on any atom is -0.493 e. The van der Waals surface area contributed by atoms with Crippen molar-refractivity contribution in [1.29, 1.82) is 0 Å². The van der Waals surface area contributed by atoms with E-state index in [-0.39, 0.29) is 11.3 Å². The Morgan fingerprint density at radius 1 is 0.964 bits per heavy atom. The van der Waals surface area contributed by atoms with Crippen molar-refractivity contribution in [2.24, 2.45) is 28.3 Å². The van der Waals surface area contributed by atoms with Gasteiger partial charge in [0, 0.05) is 16.7 Å². The van der Waals surface area contributed by atoms with E-state index in [2.05, 4.69) is 17.5 Å². The van der Waals surface area contributed by atoms with Gasteiger partial charge in [-0.15, -0.1) is 0 Å². The maximum absolute atomic E-state index is 12.7. The van der Waals surface area contributed by atoms with Gasteiger partial charge in [0.25, 0.3) is 5.91 Å². The summed E-state index contributed by atoms with van der Waals surface area (Å²) in [6, 6.07) is 3.29.